The number of ether oxygens (including phenoxy) is 2. The van der Waals surface area contributed by atoms with E-state index in [9.17, 15) is 0 Å². The smallest absolute Gasteiger partial charge is 0.203 e. The first kappa shape index (κ1) is 10.9. The van der Waals surface area contributed by atoms with Crippen molar-refractivity contribution in [1.82, 2.24) is 4.98 Å². The van der Waals surface area contributed by atoms with Crippen LogP contribution in [-0.4, -0.2) is 38.1 Å². The number of hydrogen-bond acceptors (Lipinski definition) is 4. The van der Waals surface area contributed by atoms with E-state index in [0.717, 1.165) is 10.3 Å². The van der Waals surface area contributed by atoms with Crippen LogP contribution in [0.2, 0.25) is 0 Å². The van der Waals surface area contributed by atoms with E-state index in [-0.39, 0.29) is 0 Å². The number of aromatic nitrogens is 1. The summed E-state index contributed by atoms with van der Waals surface area (Å²) in [5.41, 5.74) is 0. The summed E-state index contributed by atoms with van der Waals surface area (Å²) < 4.78 is 11.6. The fraction of sp³-hybridized carbons (Fsp3) is 0.500. The van der Waals surface area contributed by atoms with Gasteiger partial charge in [-0.05, 0) is 12.1 Å². The molecule has 5 heteroatoms. The van der Waals surface area contributed by atoms with Crippen molar-refractivity contribution < 1.29 is 9.47 Å². The van der Waals surface area contributed by atoms with Gasteiger partial charge >= 0.3 is 0 Å². The van der Waals surface area contributed by atoms with E-state index in [2.05, 4.69) is 25.8 Å². The van der Waals surface area contributed by atoms with Gasteiger partial charge in [-0.1, -0.05) is 15.9 Å². The van der Waals surface area contributed by atoms with E-state index in [4.69, 9.17) is 9.47 Å². The number of pyridine rings is 1. The van der Waals surface area contributed by atoms with E-state index in [0.29, 0.717) is 13.1 Å². The number of halogens is 1. The SMILES string of the molecule is COC1(OC)CN(c2cc(Br)ccn2)C1. The molecule has 0 atom stereocenters. The standard InChI is InChI=1S/C10H13BrN2O2/c1-14-10(15-2)6-13(7-10)9-5-8(11)3-4-12-9/h3-5H,6-7H2,1-2H3. The van der Waals surface area contributed by atoms with Gasteiger partial charge in [0.2, 0.25) is 5.79 Å². The zero-order valence-electron chi connectivity index (χ0n) is 8.74. The first-order valence-corrected chi connectivity index (χ1v) is 5.45. The lowest BCUT2D eigenvalue weighted by molar-refractivity contribution is -0.219. The van der Waals surface area contributed by atoms with Crippen LogP contribution in [0.3, 0.4) is 0 Å². The molecule has 0 aliphatic carbocycles. The van der Waals surface area contributed by atoms with Gasteiger partial charge in [0.05, 0.1) is 13.1 Å². The molecule has 1 saturated heterocycles. The Morgan fingerprint density at radius 2 is 2.07 bits per heavy atom. The van der Waals surface area contributed by atoms with Crippen molar-refractivity contribution >= 4 is 21.7 Å². The zero-order valence-corrected chi connectivity index (χ0v) is 10.3. The van der Waals surface area contributed by atoms with Crippen molar-refractivity contribution in [2.75, 3.05) is 32.2 Å². The molecule has 1 aromatic heterocycles. The molecule has 0 aromatic carbocycles. The minimum Gasteiger partial charge on any atom is -0.350 e. The molecular weight excluding hydrogens is 260 g/mol. The molecule has 0 spiro atoms. The van der Waals surface area contributed by atoms with Crippen LogP contribution in [0.1, 0.15) is 0 Å². The van der Waals surface area contributed by atoms with Gasteiger partial charge in [-0.25, -0.2) is 4.98 Å². The number of methoxy groups -OCH3 is 2. The molecule has 0 unspecified atom stereocenters. The fourth-order valence-electron chi connectivity index (χ4n) is 1.61. The Labute approximate surface area is 97.3 Å². The van der Waals surface area contributed by atoms with Crippen LogP contribution < -0.4 is 4.90 Å². The van der Waals surface area contributed by atoms with Crippen molar-refractivity contribution in [2.45, 2.75) is 5.79 Å². The summed E-state index contributed by atoms with van der Waals surface area (Å²) in [6.07, 6.45) is 1.78. The predicted molar refractivity (Wildman–Crippen MR) is 60.9 cm³/mol. The molecule has 1 aromatic rings. The Kier molecular flexibility index (Phi) is 2.95. The van der Waals surface area contributed by atoms with Gasteiger partial charge in [-0.2, -0.15) is 0 Å². The maximum Gasteiger partial charge on any atom is 0.203 e. The Hall–Kier alpha value is -0.650. The van der Waals surface area contributed by atoms with E-state index in [1.165, 1.54) is 0 Å². The maximum absolute atomic E-state index is 5.30. The molecular formula is C10H13BrN2O2. The molecule has 0 N–H and O–H groups in total. The molecule has 82 valence electrons. The van der Waals surface area contributed by atoms with Gasteiger partial charge in [-0.3, -0.25) is 0 Å². The average molecular weight is 273 g/mol. The van der Waals surface area contributed by atoms with Gasteiger partial charge in [0, 0.05) is 24.9 Å². The first-order valence-electron chi connectivity index (χ1n) is 4.66. The summed E-state index contributed by atoms with van der Waals surface area (Å²) in [5, 5.41) is 0. The molecule has 2 rings (SSSR count). The van der Waals surface area contributed by atoms with Crippen LogP contribution >= 0.6 is 15.9 Å². The Morgan fingerprint density at radius 3 is 2.60 bits per heavy atom. The molecule has 2 heterocycles. The Morgan fingerprint density at radius 1 is 1.40 bits per heavy atom. The summed E-state index contributed by atoms with van der Waals surface area (Å²) in [4.78, 5) is 6.39. The van der Waals surface area contributed by atoms with E-state index in [1.54, 1.807) is 20.4 Å². The van der Waals surface area contributed by atoms with Crippen molar-refractivity contribution in [2.24, 2.45) is 0 Å². The van der Waals surface area contributed by atoms with Gasteiger partial charge in [0.1, 0.15) is 5.82 Å². The summed E-state index contributed by atoms with van der Waals surface area (Å²) in [5.74, 6) is 0.485. The van der Waals surface area contributed by atoms with Gasteiger partial charge in [0.15, 0.2) is 0 Å². The van der Waals surface area contributed by atoms with Crippen LogP contribution in [-0.2, 0) is 9.47 Å². The summed E-state index contributed by atoms with van der Waals surface area (Å²) in [7, 11) is 3.32. The minimum absolute atomic E-state index is 0.454. The van der Waals surface area contributed by atoms with Gasteiger partial charge in [0.25, 0.3) is 0 Å². The molecule has 0 saturated carbocycles. The second kappa shape index (κ2) is 4.08. The molecule has 4 nitrogen and oxygen atoms in total. The van der Waals surface area contributed by atoms with E-state index >= 15 is 0 Å². The molecule has 0 bridgehead atoms. The average Bonchev–Trinajstić information content (AvgIpc) is 2.18. The molecule has 15 heavy (non-hydrogen) atoms. The van der Waals surface area contributed by atoms with Crippen LogP contribution in [0.15, 0.2) is 22.8 Å². The van der Waals surface area contributed by atoms with E-state index < -0.39 is 5.79 Å². The molecule has 0 radical (unpaired) electrons. The predicted octanol–water partition coefficient (Wildman–Crippen LogP) is 1.65. The van der Waals surface area contributed by atoms with Crippen LogP contribution in [0, 0.1) is 0 Å². The van der Waals surface area contributed by atoms with Crippen molar-refractivity contribution in [1.29, 1.82) is 0 Å². The number of nitrogens with zero attached hydrogens (tertiary/aromatic N) is 2. The lowest BCUT2D eigenvalue weighted by Crippen LogP contribution is -2.64. The number of hydrogen-bond donors (Lipinski definition) is 0. The molecule has 1 aliphatic heterocycles. The highest BCUT2D eigenvalue weighted by Crippen LogP contribution is 2.30. The highest BCUT2D eigenvalue weighted by atomic mass is 79.9. The summed E-state index contributed by atoms with van der Waals surface area (Å²) in [6, 6.07) is 3.89. The quantitative estimate of drug-likeness (QED) is 0.784. The minimum atomic E-state index is -0.454. The van der Waals surface area contributed by atoms with Crippen LogP contribution in [0.4, 0.5) is 5.82 Å². The fourth-order valence-corrected chi connectivity index (χ4v) is 1.93. The number of anilines is 1. The lowest BCUT2D eigenvalue weighted by Gasteiger charge is -2.48. The molecule has 1 fully saturated rings. The van der Waals surface area contributed by atoms with Gasteiger partial charge in [-0.15, -0.1) is 0 Å². The third kappa shape index (κ3) is 2.00. The maximum atomic E-state index is 5.30. The highest BCUT2D eigenvalue weighted by molar-refractivity contribution is 9.10. The van der Waals surface area contributed by atoms with E-state index in [1.807, 2.05) is 12.1 Å². The topological polar surface area (TPSA) is 34.6 Å². The Bertz CT molecular complexity index is 347. The molecule has 1 aliphatic rings. The monoisotopic (exact) mass is 272 g/mol. The number of rotatable bonds is 3. The van der Waals surface area contributed by atoms with Crippen molar-refractivity contribution in [3.05, 3.63) is 22.8 Å². The third-order valence-corrected chi connectivity index (χ3v) is 3.13. The highest BCUT2D eigenvalue weighted by Gasteiger charge is 2.44. The third-order valence-electron chi connectivity index (χ3n) is 2.64. The van der Waals surface area contributed by atoms with Crippen molar-refractivity contribution in [3.8, 4) is 0 Å². The normalized spacial score (nSPS) is 18.7. The second-order valence-corrected chi connectivity index (χ2v) is 4.42. The lowest BCUT2D eigenvalue weighted by atomic mass is 10.1. The second-order valence-electron chi connectivity index (χ2n) is 3.51. The summed E-state index contributed by atoms with van der Waals surface area (Å²) in [6.45, 7) is 1.42. The van der Waals surface area contributed by atoms with Gasteiger partial charge < -0.3 is 14.4 Å². The van der Waals surface area contributed by atoms with Crippen LogP contribution in [0.25, 0.3) is 0 Å². The van der Waals surface area contributed by atoms with Crippen molar-refractivity contribution in [3.63, 3.8) is 0 Å². The Balaban J connectivity index is 2.05. The first-order chi connectivity index (χ1) is 7.19. The zero-order chi connectivity index (χ0) is 10.9. The summed E-state index contributed by atoms with van der Waals surface area (Å²) >= 11 is 3.42. The molecule has 0 amide bonds. The largest absolute Gasteiger partial charge is 0.350 e. The van der Waals surface area contributed by atoms with Crippen LogP contribution in [0.5, 0.6) is 0 Å².